The van der Waals surface area contributed by atoms with Crippen LogP contribution in [0.4, 0.5) is 0 Å². The maximum atomic E-state index is 12.7. The van der Waals surface area contributed by atoms with Crippen molar-refractivity contribution in [2.24, 2.45) is 0 Å². The fourth-order valence-electron chi connectivity index (χ4n) is 2.51. The zero-order valence-corrected chi connectivity index (χ0v) is 15.5. The molecule has 3 rings (SSSR count). The van der Waals surface area contributed by atoms with Crippen LogP contribution in [0.25, 0.3) is 16.3 Å². The first-order valence-corrected chi connectivity index (χ1v) is 9.34. The lowest BCUT2D eigenvalue weighted by Gasteiger charge is -2.06. The molecule has 0 aliphatic heterocycles. The van der Waals surface area contributed by atoms with Gasteiger partial charge in [-0.15, -0.1) is 11.3 Å². The first kappa shape index (κ1) is 18.3. The van der Waals surface area contributed by atoms with Crippen LogP contribution in [0, 0.1) is 0 Å². The highest BCUT2D eigenvalue weighted by Crippen LogP contribution is 2.27. The number of ether oxygens (including phenoxy) is 1. The Labute approximate surface area is 156 Å². The third kappa shape index (κ3) is 4.57. The van der Waals surface area contributed by atoms with E-state index in [0.717, 1.165) is 17.1 Å². The van der Waals surface area contributed by atoms with E-state index in [-0.39, 0.29) is 5.91 Å². The Hall–Kier alpha value is -2.48. The van der Waals surface area contributed by atoms with Gasteiger partial charge in [0.2, 0.25) is 0 Å². The maximum absolute atomic E-state index is 12.7. The van der Waals surface area contributed by atoms with E-state index in [0.29, 0.717) is 31.0 Å². The third-order valence-electron chi connectivity index (χ3n) is 3.80. The molecule has 0 aliphatic rings. The molecular weight excluding hydrogens is 348 g/mol. The van der Waals surface area contributed by atoms with Gasteiger partial charge in [0.15, 0.2) is 0 Å². The number of rotatable bonds is 9. The SMILES string of the molecule is COCCNCCNC(=O)c1cn(-c2ccccc2)nc1-c1cccs1. The van der Waals surface area contributed by atoms with E-state index in [1.54, 1.807) is 29.3 Å². The van der Waals surface area contributed by atoms with Crippen molar-refractivity contribution in [3.05, 3.63) is 59.6 Å². The number of carbonyl (C=O) groups is 1. The Bertz CT molecular complexity index is 815. The van der Waals surface area contributed by atoms with Gasteiger partial charge in [0, 0.05) is 32.9 Å². The number of nitrogens with zero attached hydrogens (tertiary/aromatic N) is 2. The Morgan fingerprint density at radius 1 is 1.15 bits per heavy atom. The minimum atomic E-state index is -0.121. The van der Waals surface area contributed by atoms with Gasteiger partial charge in [0.05, 0.1) is 22.7 Å². The molecule has 6 nitrogen and oxygen atoms in total. The van der Waals surface area contributed by atoms with Gasteiger partial charge >= 0.3 is 0 Å². The molecule has 0 saturated heterocycles. The second-order valence-corrected chi connectivity index (χ2v) is 6.60. The van der Waals surface area contributed by atoms with E-state index in [9.17, 15) is 4.79 Å². The number of hydrogen-bond donors (Lipinski definition) is 2. The van der Waals surface area contributed by atoms with Crippen molar-refractivity contribution in [2.75, 3.05) is 33.4 Å². The molecular formula is C19H22N4O2S. The van der Waals surface area contributed by atoms with E-state index < -0.39 is 0 Å². The average molecular weight is 370 g/mol. The zero-order valence-electron chi connectivity index (χ0n) is 14.6. The van der Waals surface area contributed by atoms with Crippen molar-refractivity contribution in [3.8, 4) is 16.3 Å². The summed E-state index contributed by atoms with van der Waals surface area (Å²) in [6.07, 6.45) is 1.79. The highest BCUT2D eigenvalue weighted by molar-refractivity contribution is 7.13. The molecule has 136 valence electrons. The number of carbonyl (C=O) groups excluding carboxylic acids is 1. The van der Waals surface area contributed by atoms with Crippen molar-refractivity contribution in [1.29, 1.82) is 0 Å². The molecule has 0 atom stereocenters. The van der Waals surface area contributed by atoms with E-state index in [1.165, 1.54) is 0 Å². The van der Waals surface area contributed by atoms with Crippen LogP contribution in [0.3, 0.4) is 0 Å². The van der Waals surface area contributed by atoms with Gasteiger partial charge in [-0.1, -0.05) is 24.3 Å². The number of aromatic nitrogens is 2. The molecule has 2 aromatic heterocycles. The predicted octanol–water partition coefficient (Wildman–Crippen LogP) is 2.57. The van der Waals surface area contributed by atoms with Crippen LogP contribution < -0.4 is 10.6 Å². The summed E-state index contributed by atoms with van der Waals surface area (Å²) in [5.41, 5.74) is 2.20. The van der Waals surface area contributed by atoms with Crippen LogP contribution in [-0.2, 0) is 4.74 Å². The molecule has 1 aromatic carbocycles. The van der Waals surface area contributed by atoms with E-state index in [4.69, 9.17) is 4.74 Å². The highest BCUT2D eigenvalue weighted by Gasteiger charge is 2.18. The molecule has 0 saturated carbocycles. The van der Waals surface area contributed by atoms with Gasteiger partial charge in [-0.3, -0.25) is 4.79 Å². The van der Waals surface area contributed by atoms with Gasteiger partial charge in [0.25, 0.3) is 5.91 Å². The molecule has 7 heteroatoms. The second kappa shape index (κ2) is 9.28. The largest absolute Gasteiger partial charge is 0.383 e. The topological polar surface area (TPSA) is 68.2 Å². The monoisotopic (exact) mass is 370 g/mol. The molecule has 0 spiro atoms. The van der Waals surface area contributed by atoms with E-state index in [2.05, 4.69) is 15.7 Å². The maximum Gasteiger partial charge on any atom is 0.255 e. The minimum absolute atomic E-state index is 0.121. The van der Waals surface area contributed by atoms with Gasteiger partial charge in [-0.25, -0.2) is 4.68 Å². The van der Waals surface area contributed by atoms with Gasteiger partial charge in [0.1, 0.15) is 5.69 Å². The lowest BCUT2D eigenvalue weighted by molar-refractivity contribution is 0.0954. The Kier molecular flexibility index (Phi) is 6.54. The van der Waals surface area contributed by atoms with Crippen LogP contribution in [0.1, 0.15) is 10.4 Å². The molecule has 2 N–H and O–H groups in total. The standard InChI is InChI=1S/C19H22N4O2S/c1-25-12-11-20-9-10-21-19(24)16-14-23(15-6-3-2-4-7-15)22-18(16)17-8-5-13-26-17/h2-8,13-14,20H,9-12H2,1H3,(H,21,24). The van der Waals surface area contributed by atoms with Gasteiger partial charge < -0.3 is 15.4 Å². The molecule has 3 aromatic rings. The van der Waals surface area contributed by atoms with Crippen LogP contribution in [-0.4, -0.2) is 49.0 Å². The van der Waals surface area contributed by atoms with Gasteiger partial charge in [-0.2, -0.15) is 5.10 Å². The van der Waals surface area contributed by atoms with Crippen LogP contribution in [0.5, 0.6) is 0 Å². The van der Waals surface area contributed by atoms with Crippen LogP contribution >= 0.6 is 11.3 Å². The minimum Gasteiger partial charge on any atom is -0.383 e. The number of benzene rings is 1. The Morgan fingerprint density at radius 2 is 2.00 bits per heavy atom. The Morgan fingerprint density at radius 3 is 2.73 bits per heavy atom. The molecule has 26 heavy (non-hydrogen) atoms. The number of methoxy groups -OCH3 is 1. The van der Waals surface area contributed by atoms with Crippen molar-refractivity contribution in [3.63, 3.8) is 0 Å². The summed E-state index contributed by atoms with van der Waals surface area (Å²) < 4.78 is 6.73. The number of hydrogen-bond acceptors (Lipinski definition) is 5. The van der Waals surface area contributed by atoms with Crippen LogP contribution in [0.15, 0.2) is 54.0 Å². The summed E-state index contributed by atoms with van der Waals surface area (Å²) in [6.45, 7) is 2.65. The molecule has 0 bridgehead atoms. The van der Waals surface area contributed by atoms with Crippen LogP contribution in [0.2, 0.25) is 0 Å². The lowest BCUT2D eigenvalue weighted by Crippen LogP contribution is -2.33. The predicted molar refractivity (Wildman–Crippen MR) is 104 cm³/mol. The molecule has 2 heterocycles. The molecule has 0 aliphatic carbocycles. The smallest absolute Gasteiger partial charge is 0.255 e. The van der Waals surface area contributed by atoms with E-state index >= 15 is 0 Å². The van der Waals surface area contributed by atoms with E-state index in [1.807, 2.05) is 47.8 Å². The molecule has 1 amide bonds. The lowest BCUT2D eigenvalue weighted by atomic mass is 10.2. The third-order valence-corrected chi connectivity index (χ3v) is 4.68. The number of amides is 1. The molecule has 0 radical (unpaired) electrons. The first-order valence-electron chi connectivity index (χ1n) is 8.46. The second-order valence-electron chi connectivity index (χ2n) is 5.65. The normalized spacial score (nSPS) is 10.8. The van der Waals surface area contributed by atoms with Crippen molar-refractivity contribution >= 4 is 17.2 Å². The summed E-state index contributed by atoms with van der Waals surface area (Å²) in [5, 5.41) is 12.8. The number of para-hydroxylation sites is 1. The summed E-state index contributed by atoms with van der Waals surface area (Å²) >= 11 is 1.57. The van der Waals surface area contributed by atoms with Gasteiger partial charge in [-0.05, 0) is 23.6 Å². The fraction of sp³-hybridized carbons (Fsp3) is 0.263. The summed E-state index contributed by atoms with van der Waals surface area (Å²) in [5.74, 6) is -0.121. The first-order chi connectivity index (χ1) is 12.8. The average Bonchev–Trinajstić information content (AvgIpc) is 3.34. The van der Waals surface area contributed by atoms with Crippen molar-refractivity contribution < 1.29 is 9.53 Å². The summed E-state index contributed by atoms with van der Waals surface area (Å²) in [7, 11) is 1.67. The number of nitrogens with one attached hydrogen (secondary N) is 2. The zero-order chi connectivity index (χ0) is 18.2. The summed E-state index contributed by atoms with van der Waals surface area (Å²) in [4.78, 5) is 13.7. The molecule has 0 fully saturated rings. The van der Waals surface area contributed by atoms with Crippen molar-refractivity contribution in [2.45, 2.75) is 0 Å². The highest BCUT2D eigenvalue weighted by atomic mass is 32.1. The Balaban J connectivity index is 1.74. The number of thiophene rings is 1. The van der Waals surface area contributed by atoms with Crippen molar-refractivity contribution in [1.82, 2.24) is 20.4 Å². The molecule has 0 unspecified atom stereocenters. The summed E-state index contributed by atoms with van der Waals surface area (Å²) in [6, 6.07) is 13.7. The quantitative estimate of drug-likeness (QED) is 0.568. The fourth-order valence-corrected chi connectivity index (χ4v) is 3.23.